The van der Waals surface area contributed by atoms with E-state index < -0.39 is 0 Å². The Kier molecular flexibility index (Phi) is 10.3. The molecule has 0 bridgehead atoms. The van der Waals surface area contributed by atoms with E-state index in [1.165, 1.54) is 59.1 Å². The second-order valence-corrected chi connectivity index (χ2v) is 8.05. The predicted molar refractivity (Wildman–Crippen MR) is 131 cm³/mol. The van der Waals surface area contributed by atoms with Crippen molar-refractivity contribution in [1.82, 2.24) is 0 Å². The van der Waals surface area contributed by atoms with Gasteiger partial charge in [-0.25, -0.2) is 0 Å². The van der Waals surface area contributed by atoms with Crippen molar-refractivity contribution in [3.8, 4) is 0 Å². The third-order valence-corrected chi connectivity index (χ3v) is 5.27. The molecular weight excluding hydrogens is 348 g/mol. The highest BCUT2D eigenvalue weighted by molar-refractivity contribution is 5.98. The fraction of sp³-hybridized carbons (Fsp3) is 0.379. The highest BCUT2D eigenvalue weighted by Gasteiger charge is 2.15. The van der Waals surface area contributed by atoms with Crippen molar-refractivity contribution in [3.05, 3.63) is 95.1 Å². The lowest BCUT2D eigenvalue weighted by Gasteiger charge is -2.20. The van der Waals surface area contributed by atoms with E-state index in [4.69, 9.17) is 0 Å². The Labute approximate surface area is 179 Å². The molecule has 0 saturated carbocycles. The van der Waals surface area contributed by atoms with Crippen LogP contribution in [0.4, 0.5) is 0 Å². The van der Waals surface area contributed by atoms with Crippen molar-refractivity contribution in [2.24, 2.45) is 0 Å². The summed E-state index contributed by atoms with van der Waals surface area (Å²) in [7, 11) is 0. The lowest BCUT2D eigenvalue weighted by Crippen LogP contribution is -1.98. The molecule has 0 radical (unpaired) electrons. The van der Waals surface area contributed by atoms with Crippen LogP contribution in [-0.2, 0) is 0 Å². The number of benzene rings is 2. The van der Waals surface area contributed by atoms with Gasteiger partial charge in [0.25, 0.3) is 0 Å². The van der Waals surface area contributed by atoms with Gasteiger partial charge in [-0.3, -0.25) is 0 Å². The normalized spacial score (nSPS) is 12.5. The molecule has 0 amide bonds. The van der Waals surface area contributed by atoms with Gasteiger partial charge in [0.2, 0.25) is 0 Å². The van der Waals surface area contributed by atoms with Gasteiger partial charge < -0.3 is 0 Å². The van der Waals surface area contributed by atoms with E-state index in [1.807, 2.05) is 0 Å². The zero-order valence-electron chi connectivity index (χ0n) is 18.9. The Morgan fingerprint density at radius 1 is 0.724 bits per heavy atom. The van der Waals surface area contributed by atoms with E-state index in [2.05, 4.69) is 101 Å². The minimum absolute atomic E-state index is 0.966. The van der Waals surface area contributed by atoms with E-state index in [0.29, 0.717) is 0 Å². The van der Waals surface area contributed by atoms with Gasteiger partial charge in [-0.05, 0) is 67.4 Å². The van der Waals surface area contributed by atoms with Crippen molar-refractivity contribution in [1.29, 1.82) is 0 Å². The highest BCUT2D eigenvalue weighted by atomic mass is 14.2. The molecule has 0 N–H and O–H groups in total. The van der Waals surface area contributed by atoms with Crippen molar-refractivity contribution in [3.63, 3.8) is 0 Å². The molecule has 2 aromatic carbocycles. The zero-order chi connectivity index (χ0) is 20.9. The Hall–Kier alpha value is -2.34. The number of hydrogen-bond acceptors (Lipinski definition) is 0. The van der Waals surface area contributed by atoms with Crippen LogP contribution in [0.1, 0.15) is 83.8 Å². The molecule has 0 aliphatic heterocycles. The molecule has 0 unspecified atom stereocenters. The standard InChI is InChI=1S/C29H38/c1-5-7-11-19-26(16-8-6-2)29(27-20-14-10-15-21-27)28(23-22-24(3)4)25-17-12-9-13-18-25/h9-10,12-15,17-22H,5-8,11,16,23H2,1-4H3/b26-19+,29-28+. The maximum Gasteiger partial charge on any atom is -0.00828 e. The summed E-state index contributed by atoms with van der Waals surface area (Å²) in [6, 6.07) is 22.0. The number of hydrogen-bond donors (Lipinski definition) is 0. The number of unbranched alkanes of at least 4 members (excludes halogenated alkanes) is 3. The monoisotopic (exact) mass is 386 g/mol. The van der Waals surface area contributed by atoms with Gasteiger partial charge in [0.05, 0.1) is 0 Å². The molecule has 0 aliphatic rings. The fourth-order valence-corrected chi connectivity index (χ4v) is 3.64. The largest absolute Gasteiger partial charge is 0.0814 e. The summed E-state index contributed by atoms with van der Waals surface area (Å²) >= 11 is 0. The highest BCUT2D eigenvalue weighted by Crippen LogP contribution is 2.37. The van der Waals surface area contributed by atoms with Gasteiger partial charge in [-0.1, -0.05) is 111 Å². The fourth-order valence-electron chi connectivity index (χ4n) is 3.64. The molecule has 2 rings (SSSR count). The zero-order valence-corrected chi connectivity index (χ0v) is 18.9. The van der Waals surface area contributed by atoms with Crippen LogP contribution in [0, 0.1) is 0 Å². The predicted octanol–water partition coefficient (Wildman–Crippen LogP) is 9.26. The smallest absolute Gasteiger partial charge is 0.00828 e. The SMILES string of the molecule is CCCC/C=C(CCCC)/C(=C(/CC=C(C)C)c1ccccc1)c1ccccc1. The van der Waals surface area contributed by atoms with Crippen molar-refractivity contribution in [2.75, 3.05) is 0 Å². The van der Waals surface area contributed by atoms with E-state index in [-0.39, 0.29) is 0 Å². The van der Waals surface area contributed by atoms with Gasteiger partial charge in [0.1, 0.15) is 0 Å². The summed E-state index contributed by atoms with van der Waals surface area (Å²) in [4.78, 5) is 0. The quantitative estimate of drug-likeness (QED) is 0.156. The van der Waals surface area contributed by atoms with E-state index in [0.717, 1.165) is 19.3 Å². The molecule has 0 saturated heterocycles. The minimum atomic E-state index is 0.966. The van der Waals surface area contributed by atoms with Crippen molar-refractivity contribution < 1.29 is 0 Å². The summed E-state index contributed by atoms with van der Waals surface area (Å²) in [6.07, 6.45) is 13.1. The molecule has 0 aliphatic carbocycles. The molecule has 0 atom stereocenters. The van der Waals surface area contributed by atoms with Crippen LogP contribution in [0.25, 0.3) is 11.1 Å². The average molecular weight is 387 g/mol. The average Bonchev–Trinajstić information content (AvgIpc) is 2.75. The topological polar surface area (TPSA) is 0 Å². The van der Waals surface area contributed by atoms with Gasteiger partial charge in [0.15, 0.2) is 0 Å². The van der Waals surface area contributed by atoms with Crippen molar-refractivity contribution in [2.45, 2.75) is 72.6 Å². The first-order valence-electron chi connectivity index (χ1n) is 11.3. The second kappa shape index (κ2) is 13.0. The van der Waals surface area contributed by atoms with Crippen LogP contribution in [0.2, 0.25) is 0 Å². The van der Waals surface area contributed by atoms with Crippen LogP contribution >= 0.6 is 0 Å². The van der Waals surface area contributed by atoms with Crippen LogP contribution < -0.4 is 0 Å². The first kappa shape index (κ1) is 22.9. The number of allylic oxidation sites excluding steroid dienone is 6. The molecule has 2 aromatic rings. The van der Waals surface area contributed by atoms with E-state index in [9.17, 15) is 0 Å². The maximum atomic E-state index is 2.52. The van der Waals surface area contributed by atoms with Gasteiger partial charge in [-0.15, -0.1) is 0 Å². The number of rotatable bonds is 11. The first-order valence-corrected chi connectivity index (χ1v) is 11.3. The van der Waals surface area contributed by atoms with Crippen LogP contribution in [0.15, 0.2) is 84.0 Å². The van der Waals surface area contributed by atoms with Crippen LogP contribution in [0.5, 0.6) is 0 Å². The third kappa shape index (κ3) is 7.54. The maximum absolute atomic E-state index is 2.52. The molecule has 0 heterocycles. The summed E-state index contributed by atoms with van der Waals surface area (Å²) < 4.78 is 0. The third-order valence-electron chi connectivity index (χ3n) is 5.27. The summed E-state index contributed by atoms with van der Waals surface area (Å²) in [5.41, 5.74) is 8.45. The molecular formula is C29H38. The first-order chi connectivity index (χ1) is 14.2. The van der Waals surface area contributed by atoms with Crippen molar-refractivity contribution >= 4 is 11.1 Å². The molecule has 154 valence electrons. The van der Waals surface area contributed by atoms with Gasteiger partial charge in [0, 0.05) is 0 Å². The minimum Gasteiger partial charge on any atom is -0.0814 e. The lowest BCUT2D eigenvalue weighted by molar-refractivity contribution is 0.780. The molecule has 0 heteroatoms. The molecule has 29 heavy (non-hydrogen) atoms. The molecule has 0 spiro atoms. The molecule has 0 nitrogen and oxygen atoms in total. The Balaban J connectivity index is 2.71. The lowest BCUT2D eigenvalue weighted by atomic mass is 9.85. The van der Waals surface area contributed by atoms with Gasteiger partial charge >= 0.3 is 0 Å². The van der Waals surface area contributed by atoms with Crippen LogP contribution in [-0.4, -0.2) is 0 Å². The Bertz CT molecular complexity index is 800. The molecule has 0 fully saturated rings. The summed E-state index contributed by atoms with van der Waals surface area (Å²) in [5.74, 6) is 0. The summed E-state index contributed by atoms with van der Waals surface area (Å²) in [6.45, 7) is 8.95. The second-order valence-electron chi connectivity index (χ2n) is 8.05. The molecule has 0 aromatic heterocycles. The van der Waals surface area contributed by atoms with E-state index in [1.54, 1.807) is 0 Å². The van der Waals surface area contributed by atoms with E-state index >= 15 is 0 Å². The Morgan fingerprint density at radius 3 is 1.86 bits per heavy atom. The van der Waals surface area contributed by atoms with Gasteiger partial charge in [-0.2, -0.15) is 0 Å². The Morgan fingerprint density at radius 2 is 1.31 bits per heavy atom. The van der Waals surface area contributed by atoms with Crippen LogP contribution in [0.3, 0.4) is 0 Å². The summed E-state index contributed by atoms with van der Waals surface area (Å²) in [5, 5.41) is 0.